The van der Waals surface area contributed by atoms with E-state index in [2.05, 4.69) is 61.3 Å². The second-order valence-electron chi connectivity index (χ2n) is 6.30. The fourth-order valence-electron chi connectivity index (χ4n) is 2.40. The van der Waals surface area contributed by atoms with Crippen LogP contribution in [0.3, 0.4) is 0 Å². The van der Waals surface area contributed by atoms with Crippen LogP contribution in [0.5, 0.6) is 0 Å². The first-order valence-corrected chi connectivity index (χ1v) is 7.66. The molecule has 0 heterocycles. The average molecular weight is 260 g/mol. The summed E-state index contributed by atoms with van der Waals surface area (Å²) in [5.41, 5.74) is 1.42. The largest absolute Gasteiger partial charge is 0.314 e. The Morgan fingerprint density at radius 3 is 2.42 bits per heavy atom. The molecule has 106 valence electrons. The van der Waals surface area contributed by atoms with Gasteiger partial charge < -0.3 is 5.32 Å². The highest BCUT2D eigenvalue weighted by molar-refractivity contribution is 5.14. The highest BCUT2D eigenvalue weighted by Crippen LogP contribution is 2.19. The molecule has 0 spiro atoms. The van der Waals surface area contributed by atoms with Gasteiger partial charge in [0.2, 0.25) is 0 Å². The molecule has 1 aliphatic rings. The summed E-state index contributed by atoms with van der Waals surface area (Å²) in [5.74, 6) is 0.715. The topological polar surface area (TPSA) is 15.3 Å². The van der Waals surface area contributed by atoms with Gasteiger partial charge in [0.1, 0.15) is 0 Å². The fourth-order valence-corrected chi connectivity index (χ4v) is 2.40. The molecular formula is C17H28N2. The molecule has 19 heavy (non-hydrogen) atoms. The summed E-state index contributed by atoms with van der Waals surface area (Å²) in [6.45, 7) is 10.3. The lowest BCUT2D eigenvalue weighted by atomic mass is 10.1. The number of hydrogen-bond donors (Lipinski definition) is 1. The van der Waals surface area contributed by atoms with Gasteiger partial charge in [-0.05, 0) is 44.7 Å². The second-order valence-corrected chi connectivity index (χ2v) is 6.30. The van der Waals surface area contributed by atoms with Gasteiger partial charge in [-0.1, -0.05) is 37.3 Å². The zero-order valence-corrected chi connectivity index (χ0v) is 12.6. The summed E-state index contributed by atoms with van der Waals surface area (Å²) in [5, 5.41) is 3.64. The van der Waals surface area contributed by atoms with Gasteiger partial charge in [-0.3, -0.25) is 4.90 Å². The van der Waals surface area contributed by atoms with Crippen LogP contribution in [0.4, 0.5) is 0 Å². The molecule has 0 saturated heterocycles. The zero-order valence-electron chi connectivity index (χ0n) is 12.6. The van der Waals surface area contributed by atoms with Crippen LogP contribution in [-0.4, -0.2) is 30.1 Å². The van der Waals surface area contributed by atoms with Gasteiger partial charge in [0.25, 0.3) is 0 Å². The van der Waals surface area contributed by atoms with Crippen molar-refractivity contribution in [2.45, 2.75) is 52.2 Å². The SMILES string of the molecule is CC(CNC1CC1)CN(Cc1ccccc1)C(C)C. The van der Waals surface area contributed by atoms with Gasteiger partial charge in [0.15, 0.2) is 0 Å². The van der Waals surface area contributed by atoms with Crippen molar-refractivity contribution in [3.05, 3.63) is 35.9 Å². The second kappa shape index (κ2) is 7.06. The van der Waals surface area contributed by atoms with E-state index >= 15 is 0 Å². The Kier molecular flexibility index (Phi) is 5.41. The van der Waals surface area contributed by atoms with E-state index in [1.807, 2.05) is 0 Å². The summed E-state index contributed by atoms with van der Waals surface area (Å²) in [4.78, 5) is 2.58. The summed E-state index contributed by atoms with van der Waals surface area (Å²) in [7, 11) is 0. The molecule has 1 N–H and O–H groups in total. The van der Waals surface area contributed by atoms with Crippen molar-refractivity contribution in [3.63, 3.8) is 0 Å². The average Bonchev–Trinajstić information content (AvgIpc) is 3.21. The Hall–Kier alpha value is -0.860. The maximum Gasteiger partial charge on any atom is 0.0236 e. The van der Waals surface area contributed by atoms with Crippen LogP contribution in [0.2, 0.25) is 0 Å². The Morgan fingerprint density at radius 2 is 1.84 bits per heavy atom. The van der Waals surface area contributed by atoms with Gasteiger partial charge in [-0.25, -0.2) is 0 Å². The standard InChI is InChI=1S/C17H28N2/c1-14(2)19(13-16-7-5-4-6-8-16)12-15(3)11-18-17-9-10-17/h4-8,14-15,17-18H,9-13H2,1-3H3. The summed E-state index contributed by atoms with van der Waals surface area (Å²) >= 11 is 0. The van der Waals surface area contributed by atoms with Crippen molar-refractivity contribution in [1.29, 1.82) is 0 Å². The van der Waals surface area contributed by atoms with Gasteiger partial charge >= 0.3 is 0 Å². The summed E-state index contributed by atoms with van der Waals surface area (Å²) in [6.07, 6.45) is 2.76. The first kappa shape index (κ1) is 14.5. The van der Waals surface area contributed by atoms with Crippen LogP contribution < -0.4 is 5.32 Å². The minimum absolute atomic E-state index is 0.601. The number of nitrogens with one attached hydrogen (secondary N) is 1. The molecule has 0 aromatic heterocycles. The van der Waals surface area contributed by atoms with Crippen molar-refractivity contribution < 1.29 is 0 Å². The van der Waals surface area contributed by atoms with E-state index in [-0.39, 0.29) is 0 Å². The summed E-state index contributed by atoms with van der Waals surface area (Å²) in [6, 6.07) is 12.2. The molecule has 0 amide bonds. The van der Waals surface area contributed by atoms with Gasteiger partial charge in [-0.15, -0.1) is 0 Å². The predicted molar refractivity (Wildman–Crippen MR) is 82.2 cm³/mol. The normalized spacial score (nSPS) is 17.1. The minimum atomic E-state index is 0.601. The summed E-state index contributed by atoms with van der Waals surface area (Å²) < 4.78 is 0. The van der Waals surface area contributed by atoms with Crippen LogP contribution in [0.1, 0.15) is 39.2 Å². The highest BCUT2D eigenvalue weighted by Gasteiger charge is 2.21. The van der Waals surface area contributed by atoms with Gasteiger partial charge in [0, 0.05) is 25.2 Å². The smallest absolute Gasteiger partial charge is 0.0236 e. The van der Waals surface area contributed by atoms with E-state index in [0.29, 0.717) is 12.0 Å². The Balaban J connectivity index is 1.81. The van der Waals surface area contributed by atoms with Crippen LogP contribution in [0, 0.1) is 5.92 Å². The van der Waals surface area contributed by atoms with Crippen LogP contribution in [0.25, 0.3) is 0 Å². The van der Waals surface area contributed by atoms with Crippen molar-refractivity contribution in [2.75, 3.05) is 13.1 Å². The van der Waals surface area contributed by atoms with Crippen molar-refractivity contribution in [1.82, 2.24) is 10.2 Å². The molecule has 0 aliphatic heterocycles. The molecule has 1 saturated carbocycles. The van der Waals surface area contributed by atoms with E-state index < -0.39 is 0 Å². The van der Waals surface area contributed by atoms with E-state index in [1.54, 1.807) is 0 Å². The van der Waals surface area contributed by atoms with E-state index in [1.165, 1.54) is 24.9 Å². The molecule has 1 aromatic carbocycles. The van der Waals surface area contributed by atoms with Crippen LogP contribution in [0.15, 0.2) is 30.3 Å². The Labute approximate surface area is 118 Å². The van der Waals surface area contributed by atoms with Crippen molar-refractivity contribution >= 4 is 0 Å². The third-order valence-corrected chi connectivity index (χ3v) is 3.84. The molecule has 0 radical (unpaired) electrons. The number of hydrogen-bond acceptors (Lipinski definition) is 2. The monoisotopic (exact) mass is 260 g/mol. The number of rotatable bonds is 8. The predicted octanol–water partition coefficient (Wildman–Crippen LogP) is 3.29. The minimum Gasteiger partial charge on any atom is -0.314 e. The third kappa shape index (κ3) is 5.33. The molecule has 0 bridgehead atoms. The maximum atomic E-state index is 3.64. The quantitative estimate of drug-likeness (QED) is 0.771. The lowest BCUT2D eigenvalue weighted by Gasteiger charge is -2.29. The van der Waals surface area contributed by atoms with Gasteiger partial charge in [-0.2, -0.15) is 0 Å². The lowest BCUT2D eigenvalue weighted by molar-refractivity contribution is 0.182. The van der Waals surface area contributed by atoms with E-state index in [9.17, 15) is 0 Å². The van der Waals surface area contributed by atoms with Gasteiger partial charge in [0.05, 0.1) is 0 Å². The van der Waals surface area contributed by atoms with E-state index in [4.69, 9.17) is 0 Å². The molecule has 2 heteroatoms. The van der Waals surface area contributed by atoms with Crippen molar-refractivity contribution in [3.8, 4) is 0 Å². The fraction of sp³-hybridized carbons (Fsp3) is 0.647. The van der Waals surface area contributed by atoms with Crippen LogP contribution in [-0.2, 0) is 6.54 Å². The molecule has 1 atom stereocenters. The zero-order chi connectivity index (χ0) is 13.7. The molecule has 2 rings (SSSR count). The maximum absolute atomic E-state index is 3.64. The molecule has 1 unspecified atom stereocenters. The Bertz CT molecular complexity index is 357. The first-order chi connectivity index (χ1) is 9.15. The molecule has 1 fully saturated rings. The molecule has 2 nitrogen and oxygen atoms in total. The first-order valence-electron chi connectivity index (χ1n) is 7.66. The molecule has 1 aliphatic carbocycles. The molecular weight excluding hydrogens is 232 g/mol. The number of benzene rings is 1. The van der Waals surface area contributed by atoms with Crippen molar-refractivity contribution in [2.24, 2.45) is 5.92 Å². The molecule has 1 aromatic rings. The third-order valence-electron chi connectivity index (χ3n) is 3.84. The van der Waals surface area contributed by atoms with Crippen LogP contribution >= 0.6 is 0 Å². The Morgan fingerprint density at radius 1 is 1.16 bits per heavy atom. The highest BCUT2D eigenvalue weighted by atomic mass is 15.1. The van der Waals surface area contributed by atoms with E-state index in [0.717, 1.165) is 19.1 Å². The number of nitrogens with zero attached hydrogens (tertiary/aromatic N) is 1. The lowest BCUT2D eigenvalue weighted by Crippen LogP contribution is -2.37.